The maximum atomic E-state index is 5.88. The summed E-state index contributed by atoms with van der Waals surface area (Å²) < 4.78 is 8.09. The Labute approximate surface area is 126 Å². The lowest BCUT2D eigenvalue weighted by Crippen LogP contribution is -2.12. The van der Waals surface area contributed by atoms with Gasteiger partial charge in [0.2, 0.25) is 0 Å². The number of hydrogen-bond donors (Lipinski definition) is 1. The molecule has 1 heterocycles. The third kappa shape index (κ3) is 3.55. The molecule has 0 bridgehead atoms. The number of nitrogens with zero attached hydrogens (tertiary/aromatic N) is 4. The van der Waals surface area contributed by atoms with Crippen LogP contribution in [0.5, 0.6) is 0 Å². The number of hydrogen-bond acceptors (Lipinski definition) is 5. The maximum Gasteiger partial charge on any atom is 0.183 e. The van der Waals surface area contributed by atoms with Gasteiger partial charge in [-0.25, -0.2) is 4.68 Å². The molecule has 20 heavy (non-hydrogen) atoms. The number of nitrogens with two attached hydrogens (primary N) is 1. The first-order valence-electron chi connectivity index (χ1n) is 6.48. The van der Waals surface area contributed by atoms with Gasteiger partial charge >= 0.3 is 0 Å². The van der Waals surface area contributed by atoms with Crippen LogP contribution in [0.1, 0.15) is 13.8 Å². The van der Waals surface area contributed by atoms with E-state index in [9.17, 15) is 0 Å². The molecule has 6 nitrogen and oxygen atoms in total. The number of anilines is 1. The molecule has 0 unspecified atom stereocenters. The van der Waals surface area contributed by atoms with Gasteiger partial charge in [-0.15, -0.1) is 5.10 Å². The summed E-state index contributed by atoms with van der Waals surface area (Å²) >= 11 is 3.47. The van der Waals surface area contributed by atoms with Gasteiger partial charge in [0.05, 0.1) is 17.6 Å². The molecule has 2 N–H and O–H groups in total. The molecule has 0 aliphatic carbocycles. The summed E-state index contributed by atoms with van der Waals surface area (Å²) in [6, 6.07) is 5.63. The molecule has 0 saturated carbocycles. The molecule has 0 saturated heterocycles. The van der Waals surface area contributed by atoms with Crippen LogP contribution in [-0.2, 0) is 11.3 Å². The van der Waals surface area contributed by atoms with Crippen LogP contribution in [0.15, 0.2) is 22.7 Å². The molecule has 0 spiro atoms. The normalized spacial score (nSPS) is 11.2. The summed E-state index contributed by atoms with van der Waals surface area (Å²) in [7, 11) is 0. The zero-order chi connectivity index (χ0) is 14.5. The monoisotopic (exact) mass is 339 g/mol. The number of aromatic nitrogens is 4. The first kappa shape index (κ1) is 14.9. The molecule has 108 valence electrons. The average Bonchev–Trinajstić information content (AvgIpc) is 2.86. The highest BCUT2D eigenvalue weighted by molar-refractivity contribution is 9.10. The zero-order valence-corrected chi connectivity index (χ0v) is 13.2. The largest absolute Gasteiger partial charge is 0.398 e. The highest BCUT2D eigenvalue weighted by Gasteiger charge is 2.13. The van der Waals surface area contributed by atoms with E-state index in [0.717, 1.165) is 16.6 Å². The van der Waals surface area contributed by atoms with E-state index in [1.165, 1.54) is 0 Å². The first-order valence-corrected chi connectivity index (χ1v) is 7.27. The number of nitrogen functional groups attached to an aromatic ring is 1. The van der Waals surface area contributed by atoms with E-state index in [0.29, 0.717) is 30.6 Å². The van der Waals surface area contributed by atoms with Crippen molar-refractivity contribution in [1.82, 2.24) is 20.2 Å². The number of tetrazole rings is 1. The number of rotatable bonds is 6. The summed E-state index contributed by atoms with van der Waals surface area (Å²) in [5, 5.41) is 11.8. The van der Waals surface area contributed by atoms with E-state index in [2.05, 4.69) is 45.3 Å². The summed E-state index contributed by atoms with van der Waals surface area (Å²) in [5.74, 6) is 1.20. The van der Waals surface area contributed by atoms with E-state index in [4.69, 9.17) is 10.5 Å². The average molecular weight is 340 g/mol. The molecular weight excluding hydrogens is 322 g/mol. The van der Waals surface area contributed by atoms with Crippen molar-refractivity contribution in [1.29, 1.82) is 0 Å². The predicted molar refractivity (Wildman–Crippen MR) is 81.0 cm³/mol. The second-order valence-electron chi connectivity index (χ2n) is 4.90. The summed E-state index contributed by atoms with van der Waals surface area (Å²) in [6.45, 7) is 6.16. The lowest BCUT2D eigenvalue weighted by molar-refractivity contribution is 0.101. The topological polar surface area (TPSA) is 78.8 Å². The van der Waals surface area contributed by atoms with Crippen molar-refractivity contribution in [2.45, 2.75) is 20.4 Å². The second-order valence-corrected chi connectivity index (χ2v) is 5.70. The highest BCUT2D eigenvalue weighted by Crippen LogP contribution is 2.30. The van der Waals surface area contributed by atoms with Gasteiger partial charge in [-0.1, -0.05) is 19.9 Å². The molecule has 1 aromatic carbocycles. The quantitative estimate of drug-likeness (QED) is 0.645. The van der Waals surface area contributed by atoms with Crippen molar-refractivity contribution in [2.75, 3.05) is 18.9 Å². The van der Waals surface area contributed by atoms with Crippen molar-refractivity contribution in [3.63, 3.8) is 0 Å². The van der Waals surface area contributed by atoms with Gasteiger partial charge in [0.15, 0.2) is 5.82 Å². The molecule has 0 aliphatic rings. The Morgan fingerprint density at radius 2 is 2.20 bits per heavy atom. The lowest BCUT2D eigenvalue weighted by atomic mass is 10.2. The fraction of sp³-hybridized carbons (Fsp3) is 0.462. The maximum absolute atomic E-state index is 5.88. The minimum absolute atomic E-state index is 0.520. The second kappa shape index (κ2) is 6.81. The molecule has 0 amide bonds. The van der Waals surface area contributed by atoms with Crippen LogP contribution in [0, 0.1) is 5.92 Å². The molecule has 1 aromatic heterocycles. The minimum atomic E-state index is 0.520. The van der Waals surface area contributed by atoms with Crippen LogP contribution in [0.25, 0.3) is 11.4 Å². The Morgan fingerprint density at radius 1 is 1.40 bits per heavy atom. The van der Waals surface area contributed by atoms with Crippen molar-refractivity contribution in [3.8, 4) is 11.4 Å². The van der Waals surface area contributed by atoms with Gasteiger partial charge in [-0.05, 0) is 44.4 Å². The SMILES string of the molecule is CC(C)COCCn1nnnc1-c1cccc(N)c1Br. The van der Waals surface area contributed by atoms with E-state index >= 15 is 0 Å². The van der Waals surface area contributed by atoms with Crippen LogP contribution < -0.4 is 5.73 Å². The van der Waals surface area contributed by atoms with Crippen molar-refractivity contribution in [2.24, 2.45) is 5.92 Å². The fourth-order valence-corrected chi connectivity index (χ4v) is 2.18. The lowest BCUT2D eigenvalue weighted by Gasteiger charge is -2.09. The molecule has 0 radical (unpaired) electrons. The van der Waals surface area contributed by atoms with E-state index in [1.54, 1.807) is 4.68 Å². The molecule has 2 rings (SSSR count). The number of halogens is 1. The summed E-state index contributed by atoms with van der Waals surface area (Å²) in [5.41, 5.74) is 7.42. The van der Waals surface area contributed by atoms with Crippen molar-refractivity contribution in [3.05, 3.63) is 22.7 Å². The Hall–Kier alpha value is -1.47. The van der Waals surface area contributed by atoms with Crippen LogP contribution >= 0.6 is 15.9 Å². The molecular formula is C13H18BrN5O. The molecule has 0 aliphatic heterocycles. The molecule has 0 fully saturated rings. The van der Waals surface area contributed by atoms with Gasteiger partial charge in [-0.3, -0.25) is 0 Å². The third-order valence-corrected chi connectivity index (χ3v) is 3.59. The Balaban J connectivity index is 2.10. The van der Waals surface area contributed by atoms with Gasteiger partial charge in [0.1, 0.15) is 0 Å². The molecule has 7 heteroatoms. The Kier molecular flexibility index (Phi) is 5.08. The third-order valence-electron chi connectivity index (χ3n) is 2.70. The molecule has 2 aromatic rings. The fourth-order valence-electron chi connectivity index (χ4n) is 1.74. The standard InChI is InChI=1S/C13H18BrN5O/c1-9(2)8-20-7-6-19-13(16-17-18-19)10-4-3-5-11(15)12(10)14/h3-5,9H,6-8,15H2,1-2H3. The van der Waals surface area contributed by atoms with Crippen molar-refractivity contribution < 1.29 is 4.74 Å². The van der Waals surface area contributed by atoms with Crippen LogP contribution in [-0.4, -0.2) is 33.4 Å². The Bertz CT molecular complexity index is 570. The van der Waals surface area contributed by atoms with Crippen LogP contribution in [0.3, 0.4) is 0 Å². The number of benzene rings is 1. The van der Waals surface area contributed by atoms with Gasteiger partial charge in [0, 0.05) is 17.9 Å². The smallest absolute Gasteiger partial charge is 0.183 e. The zero-order valence-electron chi connectivity index (χ0n) is 11.6. The van der Waals surface area contributed by atoms with Crippen LogP contribution in [0.4, 0.5) is 5.69 Å². The van der Waals surface area contributed by atoms with Crippen molar-refractivity contribution >= 4 is 21.6 Å². The van der Waals surface area contributed by atoms with Crippen LogP contribution in [0.2, 0.25) is 0 Å². The highest BCUT2D eigenvalue weighted by atomic mass is 79.9. The minimum Gasteiger partial charge on any atom is -0.398 e. The summed E-state index contributed by atoms with van der Waals surface area (Å²) in [6.07, 6.45) is 0. The Morgan fingerprint density at radius 3 is 2.95 bits per heavy atom. The van der Waals surface area contributed by atoms with E-state index < -0.39 is 0 Å². The van der Waals surface area contributed by atoms with E-state index in [-0.39, 0.29) is 0 Å². The predicted octanol–water partition coefficient (Wildman–Crippen LogP) is 2.36. The summed E-state index contributed by atoms with van der Waals surface area (Å²) in [4.78, 5) is 0. The molecule has 0 atom stereocenters. The van der Waals surface area contributed by atoms with Gasteiger partial charge < -0.3 is 10.5 Å². The van der Waals surface area contributed by atoms with E-state index in [1.807, 2.05) is 18.2 Å². The van der Waals surface area contributed by atoms with Gasteiger partial charge in [-0.2, -0.15) is 0 Å². The first-order chi connectivity index (χ1) is 9.59. The van der Waals surface area contributed by atoms with Gasteiger partial charge in [0.25, 0.3) is 0 Å². The number of ether oxygens (including phenoxy) is 1.